The van der Waals surface area contributed by atoms with Crippen LogP contribution in [0.2, 0.25) is 0 Å². The summed E-state index contributed by atoms with van der Waals surface area (Å²) in [7, 11) is 0. The van der Waals surface area contributed by atoms with Crippen molar-refractivity contribution in [2.45, 2.75) is 51.6 Å². The summed E-state index contributed by atoms with van der Waals surface area (Å²) in [5.74, 6) is 0.0416. The van der Waals surface area contributed by atoms with E-state index in [0.717, 1.165) is 25.7 Å². The highest BCUT2D eigenvalue weighted by Crippen LogP contribution is 2.62. The normalized spacial score (nSPS) is 44.8. The minimum Gasteiger partial charge on any atom is -0.450 e. The van der Waals surface area contributed by atoms with Gasteiger partial charge in [-0.25, -0.2) is 4.79 Å². The molecule has 1 spiro atoms. The predicted octanol–water partition coefficient (Wildman–Crippen LogP) is 3.38. The number of hydrogen-bond donors (Lipinski definition) is 0. The molecule has 1 saturated carbocycles. The molecule has 17 heavy (non-hydrogen) atoms. The van der Waals surface area contributed by atoms with Crippen molar-refractivity contribution < 1.29 is 9.53 Å². The van der Waals surface area contributed by atoms with Gasteiger partial charge in [-0.05, 0) is 45.1 Å². The zero-order valence-corrected chi connectivity index (χ0v) is 10.7. The van der Waals surface area contributed by atoms with Crippen LogP contribution in [-0.4, -0.2) is 11.6 Å². The molecule has 2 fully saturated rings. The summed E-state index contributed by atoms with van der Waals surface area (Å²) in [5.41, 5.74) is 1.80. The van der Waals surface area contributed by atoms with E-state index >= 15 is 0 Å². The number of ether oxygens (including phenoxy) is 1. The van der Waals surface area contributed by atoms with Crippen molar-refractivity contribution in [1.82, 2.24) is 0 Å². The maximum Gasteiger partial charge on any atom is 0.334 e. The first kappa shape index (κ1) is 11.1. The Morgan fingerprint density at radius 2 is 2.24 bits per heavy atom. The molecule has 92 valence electrons. The standard InChI is InChI=1S/C15H20O2/c1-10-5-4-7-14(3)8-6-12-11(2)13(16)17-15(12,14)9-10/h9,12H,2,4-8H2,1,3H3/t12-,14-,15+/m0/s1. The maximum absolute atomic E-state index is 11.8. The van der Waals surface area contributed by atoms with Gasteiger partial charge in [0.1, 0.15) is 5.60 Å². The third kappa shape index (κ3) is 1.24. The zero-order valence-electron chi connectivity index (χ0n) is 10.7. The number of allylic oxidation sites excluding steroid dienone is 1. The largest absolute Gasteiger partial charge is 0.450 e. The second kappa shape index (κ2) is 3.24. The van der Waals surface area contributed by atoms with E-state index < -0.39 is 0 Å². The molecule has 0 radical (unpaired) electrons. The highest BCUT2D eigenvalue weighted by molar-refractivity contribution is 5.92. The molecule has 0 unspecified atom stereocenters. The van der Waals surface area contributed by atoms with Crippen molar-refractivity contribution in [3.8, 4) is 0 Å². The quantitative estimate of drug-likeness (QED) is 0.363. The number of carbonyl (C=O) groups is 1. The Morgan fingerprint density at radius 3 is 3.00 bits per heavy atom. The van der Waals surface area contributed by atoms with Gasteiger partial charge in [0.2, 0.25) is 0 Å². The molecule has 0 aromatic rings. The highest BCUT2D eigenvalue weighted by Gasteiger charge is 2.64. The molecule has 2 aliphatic carbocycles. The molecule has 3 rings (SSSR count). The third-order valence-corrected chi connectivity index (χ3v) is 5.15. The summed E-state index contributed by atoms with van der Waals surface area (Å²) in [4.78, 5) is 11.8. The minimum absolute atomic E-state index is 0.116. The topological polar surface area (TPSA) is 26.3 Å². The van der Waals surface area contributed by atoms with E-state index in [2.05, 4.69) is 26.5 Å². The van der Waals surface area contributed by atoms with Crippen molar-refractivity contribution in [3.63, 3.8) is 0 Å². The molecule has 2 heteroatoms. The Balaban J connectivity index is 2.16. The molecule has 1 saturated heterocycles. The van der Waals surface area contributed by atoms with Crippen LogP contribution in [-0.2, 0) is 9.53 Å². The SMILES string of the molecule is C=C1C(=O)O[C@@]23C=C(C)CCC[C@@]2(C)CC[C@@H]13. The molecule has 1 heterocycles. The zero-order chi connectivity index (χ0) is 12.3. The van der Waals surface area contributed by atoms with Crippen molar-refractivity contribution >= 4 is 5.97 Å². The van der Waals surface area contributed by atoms with Gasteiger partial charge in [-0.2, -0.15) is 0 Å². The summed E-state index contributed by atoms with van der Waals surface area (Å²) < 4.78 is 5.83. The van der Waals surface area contributed by atoms with E-state index in [1.807, 2.05) is 0 Å². The first-order valence-corrected chi connectivity index (χ1v) is 6.59. The molecule has 0 amide bonds. The molecule has 0 bridgehead atoms. The van der Waals surface area contributed by atoms with Crippen molar-refractivity contribution in [1.29, 1.82) is 0 Å². The fourth-order valence-corrected chi connectivity index (χ4v) is 4.10. The van der Waals surface area contributed by atoms with Crippen LogP contribution < -0.4 is 0 Å². The molecule has 3 atom stereocenters. The van der Waals surface area contributed by atoms with E-state index in [1.165, 1.54) is 12.0 Å². The van der Waals surface area contributed by atoms with Crippen LogP contribution in [0.3, 0.4) is 0 Å². The Kier molecular flexibility index (Phi) is 2.11. The molecule has 0 aromatic carbocycles. The third-order valence-electron chi connectivity index (χ3n) is 5.15. The lowest BCUT2D eigenvalue weighted by Crippen LogP contribution is -2.43. The molecule has 1 aliphatic heterocycles. The van der Waals surface area contributed by atoms with Crippen LogP contribution in [0.5, 0.6) is 0 Å². The average Bonchev–Trinajstić information content (AvgIpc) is 2.59. The van der Waals surface area contributed by atoms with Crippen LogP contribution in [0.25, 0.3) is 0 Å². The smallest absolute Gasteiger partial charge is 0.334 e. The Hall–Kier alpha value is -1.05. The lowest BCUT2D eigenvalue weighted by Gasteiger charge is -2.39. The van der Waals surface area contributed by atoms with Gasteiger partial charge in [0.15, 0.2) is 0 Å². The summed E-state index contributed by atoms with van der Waals surface area (Å²) in [5, 5.41) is 0. The van der Waals surface area contributed by atoms with Gasteiger partial charge in [-0.1, -0.05) is 19.1 Å². The number of esters is 1. The molecule has 0 aromatic heterocycles. The second-order valence-electron chi connectivity index (χ2n) is 6.20. The van der Waals surface area contributed by atoms with Crippen LogP contribution in [0.15, 0.2) is 23.8 Å². The van der Waals surface area contributed by atoms with E-state index in [1.54, 1.807) is 0 Å². The van der Waals surface area contributed by atoms with Crippen LogP contribution in [0, 0.1) is 11.3 Å². The lowest BCUT2D eigenvalue weighted by atomic mass is 9.70. The van der Waals surface area contributed by atoms with Crippen LogP contribution in [0.4, 0.5) is 0 Å². The minimum atomic E-state index is -0.373. The van der Waals surface area contributed by atoms with Gasteiger partial charge in [-0.15, -0.1) is 0 Å². The van der Waals surface area contributed by atoms with Crippen LogP contribution in [0.1, 0.15) is 46.0 Å². The molecule has 0 N–H and O–H groups in total. The van der Waals surface area contributed by atoms with Gasteiger partial charge in [-0.3, -0.25) is 0 Å². The highest BCUT2D eigenvalue weighted by atomic mass is 16.6. The Morgan fingerprint density at radius 1 is 1.47 bits per heavy atom. The summed E-state index contributed by atoms with van der Waals surface area (Å²) >= 11 is 0. The van der Waals surface area contributed by atoms with E-state index in [9.17, 15) is 4.79 Å². The number of rotatable bonds is 0. The lowest BCUT2D eigenvalue weighted by molar-refractivity contribution is -0.151. The summed E-state index contributed by atoms with van der Waals surface area (Å²) in [6, 6.07) is 0. The first-order valence-electron chi connectivity index (χ1n) is 6.59. The van der Waals surface area contributed by atoms with E-state index in [0.29, 0.717) is 5.57 Å². The molecule has 3 aliphatic rings. The fraction of sp³-hybridized carbons (Fsp3) is 0.667. The Bertz CT molecular complexity index is 434. The van der Waals surface area contributed by atoms with Gasteiger partial charge in [0, 0.05) is 16.9 Å². The van der Waals surface area contributed by atoms with Crippen molar-refractivity contribution in [2.24, 2.45) is 11.3 Å². The molecular formula is C15H20O2. The van der Waals surface area contributed by atoms with Crippen LogP contribution >= 0.6 is 0 Å². The fourth-order valence-electron chi connectivity index (χ4n) is 4.10. The van der Waals surface area contributed by atoms with Crippen molar-refractivity contribution in [2.75, 3.05) is 0 Å². The molecule has 2 nitrogen and oxygen atoms in total. The van der Waals surface area contributed by atoms with Gasteiger partial charge in [0.25, 0.3) is 0 Å². The van der Waals surface area contributed by atoms with Gasteiger partial charge >= 0.3 is 5.97 Å². The predicted molar refractivity (Wildman–Crippen MR) is 66.4 cm³/mol. The molecular weight excluding hydrogens is 212 g/mol. The van der Waals surface area contributed by atoms with E-state index in [-0.39, 0.29) is 22.9 Å². The summed E-state index contributed by atoms with van der Waals surface area (Å²) in [6.07, 6.45) is 7.93. The second-order valence-corrected chi connectivity index (χ2v) is 6.20. The maximum atomic E-state index is 11.8. The first-order chi connectivity index (χ1) is 7.98. The van der Waals surface area contributed by atoms with Crippen molar-refractivity contribution in [3.05, 3.63) is 23.8 Å². The van der Waals surface area contributed by atoms with Gasteiger partial charge < -0.3 is 4.74 Å². The monoisotopic (exact) mass is 232 g/mol. The Labute approximate surface area is 103 Å². The van der Waals surface area contributed by atoms with Gasteiger partial charge in [0.05, 0.1) is 0 Å². The number of carbonyl (C=O) groups excluding carboxylic acids is 1. The summed E-state index contributed by atoms with van der Waals surface area (Å²) in [6.45, 7) is 8.39. The number of hydrogen-bond acceptors (Lipinski definition) is 2. The average molecular weight is 232 g/mol. The van der Waals surface area contributed by atoms with E-state index in [4.69, 9.17) is 4.74 Å².